The maximum atomic E-state index is 12.5. The van der Waals surface area contributed by atoms with Crippen molar-refractivity contribution >= 4 is 11.6 Å². The quantitative estimate of drug-likeness (QED) is 0.678. The Balaban J connectivity index is 1.67. The van der Waals surface area contributed by atoms with Crippen LogP contribution in [0.4, 0.5) is 18.9 Å². The van der Waals surface area contributed by atoms with Crippen molar-refractivity contribution in [2.24, 2.45) is 0 Å². The number of anilines is 1. The summed E-state index contributed by atoms with van der Waals surface area (Å²) in [5.74, 6) is 0.129. The number of amides is 1. The van der Waals surface area contributed by atoms with Crippen LogP contribution in [0.15, 0.2) is 53.1 Å². The third-order valence-electron chi connectivity index (χ3n) is 3.40. The van der Waals surface area contributed by atoms with Gasteiger partial charge in [0.2, 0.25) is 11.7 Å². The summed E-state index contributed by atoms with van der Waals surface area (Å²) in [6.45, 7) is 1.65. The van der Waals surface area contributed by atoms with E-state index in [9.17, 15) is 18.0 Å². The van der Waals surface area contributed by atoms with Crippen LogP contribution in [0.3, 0.4) is 0 Å². The number of aromatic nitrogens is 2. The van der Waals surface area contributed by atoms with E-state index >= 15 is 0 Å². The molecule has 28 heavy (non-hydrogen) atoms. The Morgan fingerprint density at radius 2 is 1.86 bits per heavy atom. The number of hydrogen-bond donors (Lipinski definition) is 1. The molecule has 2 aromatic carbocycles. The summed E-state index contributed by atoms with van der Waals surface area (Å²) in [6.07, 6.45) is -4.78. The van der Waals surface area contributed by atoms with Crippen LogP contribution in [0.25, 0.3) is 0 Å². The first-order valence-corrected chi connectivity index (χ1v) is 7.98. The molecule has 0 atom stereocenters. The molecular formula is C18H14F3N3O4. The molecule has 0 aliphatic carbocycles. The minimum atomic E-state index is -4.78. The second-order valence-corrected chi connectivity index (χ2v) is 5.54. The molecule has 10 heteroatoms. The van der Waals surface area contributed by atoms with Gasteiger partial charge in [0.25, 0.3) is 5.91 Å². The highest BCUT2D eigenvalue weighted by Gasteiger charge is 2.31. The predicted molar refractivity (Wildman–Crippen MR) is 90.9 cm³/mol. The van der Waals surface area contributed by atoms with Gasteiger partial charge in [0.1, 0.15) is 11.5 Å². The molecule has 7 nitrogen and oxygen atoms in total. The fourth-order valence-corrected chi connectivity index (χ4v) is 2.26. The number of carbonyl (C=O) groups excluding carboxylic acids is 1. The summed E-state index contributed by atoms with van der Waals surface area (Å²) < 4.78 is 50.8. The van der Waals surface area contributed by atoms with Gasteiger partial charge in [-0.15, -0.1) is 13.2 Å². The summed E-state index contributed by atoms with van der Waals surface area (Å²) in [5, 5.41) is 6.29. The van der Waals surface area contributed by atoms with Gasteiger partial charge in [-0.25, -0.2) is 0 Å². The van der Waals surface area contributed by atoms with Crippen molar-refractivity contribution in [3.8, 4) is 11.5 Å². The lowest BCUT2D eigenvalue weighted by atomic mass is 10.2. The monoisotopic (exact) mass is 393 g/mol. The number of hydrogen-bond acceptors (Lipinski definition) is 6. The second-order valence-electron chi connectivity index (χ2n) is 5.54. The Hall–Kier alpha value is -3.56. The average molecular weight is 393 g/mol. The molecule has 0 unspecified atom stereocenters. The van der Waals surface area contributed by atoms with Gasteiger partial charge in [-0.3, -0.25) is 4.79 Å². The van der Waals surface area contributed by atoms with E-state index in [-0.39, 0.29) is 17.9 Å². The van der Waals surface area contributed by atoms with Crippen LogP contribution in [0.2, 0.25) is 0 Å². The van der Waals surface area contributed by atoms with Gasteiger partial charge >= 0.3 is 6.36 Å². The van der Waals surface area contributed by atoms with E-state index in [1.807, 2.05) is 0 Å². The molecule has 0 bridgehead atoms. The molecule has 1 heterocycles. The molecule has 146 valence electrons. The fraction of sp³-hybridized carbons (Fsp3) is 0.167. The Morgan fingerprint density at radius 1 is 1.14 bits per heavy atom. The number of aryl methyl sites for hydroxylation is 1. The molecule has 1 aromatic heterocycles. The van der Waals surface area contributed by atoms with Gasteiger partial charge in [0.15, 0.2) is 6.61 Å². The summed E-state index contributed by atoms with van der Waals surface area (Å²) in [4.78, 5) is 16.5. The van der Waals surface area contributed by atoms with Crippen LogP contribution in [0.1, 0.15) is 22.1 Å². The van der Waals surface area contributed by atoms with Gasteiger partial charge in [0.05, 0.1) is 5.56 Å². The number of nitrogens with zero attached hydrogens (tertiary/aromatic N) is 2. The SMILES string of the molecule is Cc1nc(COc2ccccc2C(=O)Nc2ccc(OC(F)(F)F)cc2)no1. The highest BCUT2D eigenvalue weighted by atomic mass is 19.4. The third-order valence-corrected chi connectivity index (χ3v) is 3.40. The molecule has 0 saturated heterocycles. The van der Waals surface area contributed by atoms with Crippen LogP contribution in [-0.4, -0.2) is 22.4 Å². The molecular weight excluding hydrogens is 379 g/mol. The average Bonchev–Trinajstić information content (AvgIpc) is 3.06. The number of nitrogens with one attached hydrogen (secondary N) is 1. The lowest BCUT2D eigenvalue weighted by Gasteiger charge is -2.12. The molecule has 1 amide bonds. The predicted octanol–water partition coefficient (Wildman–Crippen LogP) is 4.11. The van der Waals surface area contributed by atoms with Crippen molar-refractivity contribution in [3.63, 3.8) is 0 Å². The van der Waals surface area contributed by atoms with Crippen LogP contribution in [0, 0.1) is 6.92 Å². The molecule has 0 spiro atoms. The highest BCUT2D eigenvalue weighted by Crippen LogP contribution is 2.25. The number of rotatable bonds is 6. The van der Waals surface area contributed by atoms with Crippen molar-refractivity contribution < 1.29 is 32.0 Å². The van der Waals surface area contributed by atoms with Crippen molar-refractivity contribution in [3.05, 3.63) is 65.8 Å². The van der Waals surface area contributed by atoms with E-state index < -0.39 is 12.3 Å². The van der Waals surface area contributed by atoms with Crippen LogP contribution in [-0.2, 0) is 6.61 Å². The molecule has 0 radical (unpaired) electrons. The number of ether oxygens (including phenoxy) is 2. The zero-order valence-corrected chi connectivity index (χ0v) is 14.5. The maximum Gasteiger partial charge on any atom is 0.573 e. The molecule has 0 saturated carbocycles. The van der Waals surface area contributed by atoms with E-state index in [1.165, 1.54) is 12.1 Å². The Labute approximate surface area is 157 Å². The molecule has 1 N–H and O–H groups in total. The largest absolute Gasteiger partial charge is 0.573 e. The second kappa shape index (κ2) is 7.99. The van der Waals surface area contributed by atoms with E-state index in [2.05, 4.69) is 20.2 Å². The standard InChI is InChI=1S/C18H14F3N3O4/c1-11-22-16(24-28-11)10-26-15-5-3-2-4-14(15)17(25)23-12-6-8-13(9-7-12)27-18(19,20)21/h2-9H,10H2,1H3,(H,23,25). The van der Waals surface area contributed by atoms with Crippen molar-refractivity contribution in [2.75, 3.05) is 5.32 Å². The molecule has 0 aliphatic heterocycles. The zero-order valence-electron chi connectivity index (χ0n) is 14.5. The van der Waals surface area contributed by atoms with Gasteiger partial charge < -0.3 is 19.3 Å². The topological polar surface area (TPSA) is 86.5 Å². The number of benzene rings is 2. The fourth-order valence-electron chi connectivity index (χ4n) is 2.26. The minimum absolute atomic E-state index is 0.00507. The van der Waals surface area contributed by atoms with Crippen molar-refractivity contribution in [2.45, 2.75) is 19.9 Å². The third kappa shape index (κ3) is 5.22. The molecule has 0 aliphatic rings. The maximum absolute atomic E-state index is 12.5. The van der Waals surface area contributed by atoms with Gasteiger partial charge in [-0.2, -0.15) is 4.98 Å². The van der Waals surface area contributed by atoms with E-state index in [0.29, 0.717) is 23.2 Å². The summed E-state index contributed by atoms with van der Waals surface area (Å²) in [6, 6.07) is 11.3. The first kappa shape index (κ1) is 19.2. The van der Waals surface area contributed by atoms with E-state index in [4.69, 9.17) is 9.26 Å². The number of halogens is 3. The van der Waals surface area contributed by atoms with E-state index in [0.717, 1.165) is 12.1 Å². The summed E-state index contributed by atoms with van der Waals surface area (Å²) >= 11 is 0. The Morgan fingerprint density at radius 3 is 2.50 bits per heavy atom. The normalized spacial score (nSPS) is 11.1. The number of alkyl halides is 3. The summed E-state index contributed by atoms with van der Waals surface area (Å²) in [7, 11) is 0. The van der Waals surface area contributed by atoms with Crippen LogP contribution < -0.4 is 14.8 Å². The van der Waals surface area contributed by atoms with Crippen LogP contribution >= 0.6 is 0 Å². The highest BCUT2D eigenvalue weighted by molar-refractivity contribution is 6.06. The zero-order chi connectivity index (χ0) is 20.1. The van der Waals surface area contributed by atoms with E-state index in [1.54, 1.807) is 31.2 Å². The van der Waals surface area contributed by atoms with Gasteiger partial charge in [-0.1, -0.05) is 17.3 Å². The molecule has 3 rings (SSSR count). The van der Waals surface area contributed by atoms with Gasteiger partial charge in [0, 0.05) is 12.6 Å². The first-order chi connectivity index (χ1) is 13.3. The smallest absolute Gasteiger partial charge is 0.485 e. The number of carbonyl (C=O) groups is 1. The molecule has 3 aromatic rings. The first-order valence-electron chi connectivity index (χ1n) is 7.98. The minimum Gasteiger partial charge on any atom is -0.485 e. The Bertz CT molecular complexity index is 955. The van der Waals surface area contributed by atoms with Crippen molar-refractivity contribution in [1.82, 2.24) is 10.1 Å². The molecule has 0 fully saturated rings. The van der Waals surface area contributed by atoms with Gasteiger partial charge in [-0.05, 0) is 36.4 Å². The Kier molecular flexibility index (Phi) is 5.48. The van der Waals surface area contributed by atoms with Crippen molar-refractivity contribution in [1.29, 1.82) is 0 Å². The number of para-hydroxylation sites is 1. The lowest BCUT2D eigenvalue weighted by molar-refractivity contribution is -0.274. The lowest BCUT2D eigenvalue weighted by Crippen LogP contribution is -2.17. The van der Waals surface area contributed by atoms with Crippen LogP contribution in [0.5, 0.6) is 11.5 Å². The summed E-state index contributed by atoms with van der Waals surface area (Å²) in [5.41, 5.74) is 0.529.